The molecule has 1 atom stereocenters. The zero-order chi connectivity index (χ0) is 13.7. The lowest BCUT2D eigenvalue weighted by Gasteiger charge is -2.13. The van der Waals surface area contributed by atoms with Gasteiger partial charge >= 0.3 is 6.03 Å². The summed E-state index contributed by atoms with van der Waals surface area (Å²) < 4.78 is 10.6. The number of ether oxygens (including phenoxy) is 2. The summed E-state index contributed by atoms with van der Waals surface area (Å²) in [6.45, 7) is 1.28. The highest BCUT2D eigenvalue weighted by atomic mass is 35.5. The van der Waals surface area contributed by atoms with Crippen LogP contribution in [0.3, 0.4) is 0 Å². The smallest absolute Gasteiger partial charge is 0.319 e. The number of methoxy groups -OCH3 is 1. The van der Waals surface area contributed by atoms with Crippen molar-refractivity contribution in [1.29, 1.82) is 0 Å². The molecule has 0 radical (unpaired) electrons. The van der Waals surface area contributed by atoms with E-state index in [2.05, 4.69) is 10.6 Å². The quantitative estimate of drug-likeness (QED) is 0.893. The molecule has 0 aromatic heterocycles. The molecule has 0 bridgehead atoms. The van der Waals surface area contributed by atoms with Gasteiger partial charge in [-0.05, 0) is 31.0 Å². The Bertz CT molecular complexity index is 448. The van der Waals surface area contributed by atoms with E-state index in [0.29, 0.717) is 23.0 Å². The summed E-state index contributed by atoms with van der Waals surface area (Å²) >= 11 is 5.89. The molecule has 2 rings (SSSR count). The Hall–Kier alpha value is -1.46. The average Bonchev–Trinajstić information content (AvgIpc) is 2.90. The first-order chi connectivity index (χ1) is 9.19. The van der Waals surface area contributed by atoms with Crippen molar-refractivity contribution in [3.05, 3.63) is 23.2 Å². The third-order valence-electron chi connectivity index (χ3n) is 2.92. The maximum Gasteiger partial charge on any atom is 0.319 e. The molecule has 6 heteroatoms. The van der Waals surface area contributed by atoms with Crippen LogP contribution < -0.4 is 15.4 Å². The van der Waals surface area contributed by atoms with Crippen molar-refractivity contribution in [2.75, 3.05) is 25.6 Å². The van der Waals surface area contributed by atoms with Crippen LogP contribution in [0.1, 0.15) is 12.8 Å². The molecule has 0 spiro atoms. The molecule has 104 valence electrons. The topological polar surface area (TPSA) is 59.6 Å². The number of anilines is 1. The van der Waals surface area contributed by atoms with Crippen LogP contribution in [-0.2, 0) is 4.74 Å². The first-order valence-corrected chi connectivity index (χ1v) is 6.57. The van der Waals surface area contributed by atoms with Crippen LogP contribution in [-0.4, -0.2) is 32.4 Å². The highest BCUT2D eigenvalue weighted by molar-refractivity contribution is 6.31. The summed E-state index contributed by atoms with van der Waals surface area (Å²) in [4.78, 5) is 11.8. The third kappa shape index (κ3) is 4.01. The second kappa shape index (κ2) is 6.63. The number of amides is 2. The van der Waals surface area contributed by atoms with Gasteiger partial charge in [0, 0.05) is 18.2 Å². The summed E-state index contributed by atoms with van der Waals surface area (Å²) in [5.74, 6) is 0.566. The molecule has 1 fully saturated rings. The van der Waals surface area contributed by atoms with Crippen LogP contribution in [0.4, 0.5) is 10.5 Å². The fraction of sp³-hybridized carbons (Fsp3) is 0.462. The van der Waals surface area contributed by atoms with Crippen molar-refractivity contribution in [3.8, 4) is 5.75 Å². The summed E-state index contributed by atoms with van der Waals surface area (Å²) in [7, 11) is 1.54. The molecule has 1 aromatic rings. The maximum atomic E-state index is 11.8. The molecule has 5 nitrogen and oxygen atoms in total. The van der Waals surface area contributed by atoms with Crippen molar-refractivity contribution in [2.24, 2.45) is 0 Å². The highest BCUT2D eigenvalue weighted by Crippen LogP contribution is 2.27. The lowest BCUT2D eigenvalue weighted by molar-refractivity contribution is 0.112. The molecule has 2 amide bonds. The Morgan fingerprint density at radius 1 is 1.58 bits per heavy atom. The highest BCUT2D eigenvalue weighted by Gasteiger charge is 2.16. The molecule has 1 aliphatic heterocycles. The van der Waals surface area contributed by atoms with Crippen LogP contribution in [0.2, 0.25) is 5.02 Å². The molecule has 0 unspecified atom stereocenters. The van der Waals surface area contributed by atoms with Gasteiger partial charge in [-0.15, -0.1) is 0 Å². The fourth-order valence-electron chi connectivity index (χ4n) is 1.96. The van der Waals surface area contributed by atoms with Gasteiger partial charge in [0.2, 0.25) is 0 Å². The Morgan fingerprint density at radius 3 is 3.11 bits per heavy atom. The van der Waals surface area contributed by atoms with Crippen LogP contribution in [0.15, 0.2) is 18.2 Å². The standard InChI is InChI=1S/C13H17ClN2O3/c1-18-12-5-4-9(14)7-11(12)16-13(17)15-8-10-3-2-6-19-10/h4-5,7,10H,2-3,6,8H2,1H3,(H2,15,16,17)/t10-/m0/s1. The molecular formula is C13H17ClN2O3. The van der Waals surface area contributed by atoms with E-state index < -0.39 is 0 Å². The maximum absolute atomic E-state index is 11.8. The second-order valence-electron chi connectivity index (χ2n) is 4.31. The number of nitrogens with one attached hydrogen (secondary N) is 2. The van der Waals surface area contributed by atoms with Crippen LogP contribution in [0.5, 0.6) is 5.75 Å². The molecule has 0 saturated carbocycles. The van der Waals surface area contributed by atoms with Crippen LogP contribution in [0, 0.1) is 0 Å². The van der Waals surface area contributed by atoms with Gasteiger partial charge in [0.15, 0.2) is 0 Å². The zero-order valence-corrected chi connectivity index (χ0v) is 11.5. The number of rotatable bonds is 4. The van der Waals surface area contributed by atoms with Gasteiger partial charge in [-0.1, -0.05) is 11.6 Å². The van der Waals surface area contributed by atoms with Crippen molar-refractivity contribution in [3.63, 3.8) is 0 Å². The predicted octanol–water partition coefficient (Wildman–Crippen LogP) is 2.65. The molecule has 19 heavy (non-hydrogen) atoms. The fourth-order valence-corrected chi connectivity index (χ4v) is 2.13. The van der Waals surface area contributed by atoms with Gasteiger partial charge < -0.3 is 20.1 Å². The number of hydrogen-bond donors (Lipinski definition) is 2. The molecule has 1 aliphatic rings. The number of hydrogen-bond acceptors (Lipinski definition) is 3. The zero-order valence-electron chi connectivity index (χ0n) is 10.7. The average molecular weight is 285 g/mol. The van der Waals surface area contributed by atoms with Gasteiger partial charge in [-0.2, -0.15) is 0 Å². The Labute approximate surface area is 117 Å². The van der Waals surface area contributed by atoms with Gasteiger partial charge in [0.1, 0.15) is 5.75 Å². The Morgan fingerprint density at radius 2 is 2.42 bits per heavy atom. The van der Waals surface area contributed by atoms with Gasteiger partial charge in [-0.3, -0.25) is 0 Å². The normalized spacial score (nSPS) is 18.1. The Kier molecular flexibility index (Phi) is 4.87. The third-order valence-corrected chi connectivity index (χ3v) is 3.16. The first kappa shape index (κ1) is 14.0. The van der Waals surface area contributed by atoms with Crippen molar-refractivity contribution < 1.29 is 14.3 Å². The van der Waals surface area contributed by atoms with Gasteiger partial charge in [0.25, 0.3) is 0 Å². The summed E-state index contributed by atoms with van der Waals surface area (Å²) in [5.41, 5.74) is 0.542. The molecule has 0 aliphatic carbocycles. The molecule has 1 aromatic carbocycles. The molecular weight excluding hydrogens is 268 g/mol. The van der Waals surface area contributed by atoms with Gasteiger partial charge in [0.05, 0.1) is 18.9 Å². The summed E-state index contributed by atoms with van der Waals surface area (Å²) in [6, 6.07) is 4.76. The molecule has 2 N–H and O–H groups in total. The van der Waals surface area contributed by atoms with E-state index in [0.717, 1.165) is 19.4 Å². The summed E-state index contributed by atoms with van der Waals surface area (Å²) in [5, 5.41) is 6.02. The lowest BCUT2D eigenvalue weighted by atomic mass is 10.2. The minimum atomic E-state index is -0.295. The predicted molar refractivity (Wildman–Crippen MR) is 74.0 cm³/mol. The second-order valence-corrected chi connectivity index (χ2v) is 4.75. The Balaban J connectivity index is 1.88. The summed E-state index contributed by atoms with van der Waals surface area (Å²) in [6.07, 6.45) is 2.16. The van der Waals surface area contributed by atoms with Crippen molar-refractivity contribution >= 4 is 23.3 Å². The van der Waals surface area contributed by atoms with Crippen LogP contribution in [0.25, 0.3) is 0 Å². The van der Waals surface area contributed by atoms with E-state index in [-0.39, 0.29) is 12.1 Å². The number of urea groups is 1. The van der Waals surface area contributed by atoms with Crippen LogP contribution >= 0.6 is 11.6 Å². The number of carbonyl (C=O) groups excluding carboxylic acids is 1. The van der Waals surface area contributed by atoms with Crippen molar-refractivity contribution in [1.82, 2.24) is 5.32 Å². The number of carbonyl (C=O) groups is 1. The SMILES string of the molecule is COc1ccc(Cl)cc1NC(=O)NC[C@@H]1CCCO1. The van der Waals surface area contributed by atoms with E-state index in [4.69, 9.17) is 21.1 Å². The first-order valence-electron chi connectivity index (χ1n) is 6.19. The largest absolute Gasteiger partial charge is 0.495 e. The van der Waals surface area contributed by atoms with Gasteiger partial charge in [-0.25, -0.2) is 4.79 Å². The number of halogens is 1. The van der Waals surface area contributed by atoms with E-state index in [1.807, 2.05) is 0 Å². The van der Waals surface area contributed by atoms with E-state index in [1.165, 1.54) is 0 Å². The number of benzene rings is 1. The van der Waals surface area contributed by atoms with E-state index >= 15 is 0 Å². The lowest BCUT2D eigenvalue weighted by Crippen LogP contribution is -2.35. The molecule has 1 heterocycles. The molecule has 1 saturated heterocycles. The van der Waals surface area contributed by atoms with E-state index in [9.17, 15) is 4.79 Å². The van der Waals surface area contributed by atoms with Crippen molar-refractivity contribution in [2.45, 2.75) is 18.9 Å². The van der Waals surface area contributed by atoms with E-state index in [1.54, 1.807) is 25.3 Å². The minimum Gasteiger partial charge on any atom is -0.495 e. The minimum absolute atomic E-state index is 0.118. The monoisotopic (exact) mass is 284 g/mol.